The van der Waals surface area contributed by atoms with Crippen molar-refractivity contribution in [3.05, 3.63) is 28.9 Å². The molecule has 0 atom stereocenters. The van der Waals surface area contributed by atoms with Gasteiger partial charge in [0.2, 0.25) is 5.95 Å². The van der Waals surface area contributed by atoms with E-state index < -0.39 is 0 Å². The zero-order valence-corrected chi connectivity index (χ0v) is 10.4. The summed E-state index contributed by atoms with van der Waals surface area (Å²) in [5.41, 5.74) is 0.975. The van der Waals surface area contributed by atoms with Crippen molar-refractivity contribution in [3.8, 4) is 0 Å². The Kier molecular flexibility index (Phi) is 2.52. The molecular formula is C12H12BrN3. The van der Waals surface area contributed by atoms with E-state index in [0.717, 1.165) is 33.8 Å². The molecule has 1 N–H and O–H groups in total. The Hall–Kier alpha value is -1.16. The molecule has 1 aromatic heterocycles. The van der Waals surface area contributed by atoms with Crippen molar-refractivity contribution in [1.29, 1.82) is 0 Å². The van der Waals surface area contributed by atoms with Gasteiger partial charge in [-0.05, 0) is 30.9 Å². The van der Waals surface area contributed by atoms with Crippen LogP contribution < -0.4 is 5.32 Å². The molecule has 82 valence electrons. The van der Waals surface area contributed by atoms with Gasteiger partial charge < -0.3 is 5.32 Å². The average Bonchev–Trinajstić information content (AvgIpc) is 3.10. The van der Waals surface area contributed by atoms with Gasteiger partial charge in [0, 0.05) is 22.6 Å². The van der Waals surface area contributed by atoms with Gasteiger partial charge >= 0.3 is 0 Å². The smallest absolute Gasteiger partial charge is 0.223 e. The summed E-state index contributed by atoms with van der Waals surface area (Å²) in [6.07, 6.45) is 4.54. The summed E-state index contributed by atoms with van der Waals surface area (Å²) in [6, 6.07) is 6.00. The highest BCUT2D eigenvalue weighted by atomic mass is 79.9. The minimum Gasteiger partial charge on any atom is -0.354 e. The van der Waals surface area contributed by atoms with Crippen molar-refractivity contribution in [2.75, 3.05) is 11.9 Å². The summed E-state index contributed by atoms with van der Waals surface area (Å²) in [5.74, 6) is 1.57. The maximum absolute atomic E-state index is 4.48. The summed E-state index contributed by atoms with van der Waals surface area (Å²) in [6.45, 7) is 1.000. The standard InChI is InChI=1S/C12H12BrN3/c13-10-2-1-3-11-9(10)7-15-12(16-11)14-6-8-4-5-8/h1-3,7-8H,4-6H2,(H,14,15,16). The normalized spacial score (nSPS) is 15.3. The Morgan fingerprint density at radius 3 is 3.06 bits per heavy atom. The number of anilines is 1. The van der Waals surface area contributed by atoms with E-state index in [-0.39, 0.29) is 0 Å². The lowest BCUT2D eigenvalue weighted by atomic mass is 10.2. The van der Waals surface area contributed by atoms with Crippen LogP contribution >= 0.6 is 15.9 Å². The highest BCUT2D eigenvalue weighted by Crippen LogP contribution is 2.28. The van der Waals surface area contributed by atoms with Crippen LogP contribution in [0.1, 0.15) is 12.8 Å². The molecule has 0 unspecified atom stereocenters. The number of nitrogens with zero attached hydrogens (tertiary/aromatic N) is 2. The number of fused-ring (bicyclic) bond motifs is 1. The first-order valence-corrected chi connectivity index (χ1v) is 6.27. The summed E-state index contributed by atoms with van der Waals surface area (Å²) < 4.78 is 1.04. The minimum absolute atomic E-state index is 0.734. The zero-order valence-electron chi connectivity index (χ0n) is 8.78. The fourth-order valence-electron chi connectivity index (χ4n) is 1.66. The molecular weight excluding hydrogens is 266 g/mol. The highest BCUT2D eigenvalue weighted by Gasteiger charge is 2.20. The second kappa shape index (κ2) is 4.01. The number of benzene rings is 1. The van der Waals surface area contributed by atoms with E-state index in [1.54, 1.807) is 0 Å². The van der Waals surface area contributed by atoms with Crippen molar-refractivity contribution in [1.82, 2.24) is 9.97 Å². The molecule has 3 rings (SSSR count). The number of nitrogens with one attached hydrogen (secondary N) is 1. The van der Waals surface area contributed by atoms with Crippen LogP contribution in [0.5, 0.6) is 0 Å². The predicted octanol–water partition coefficient (Wildman–Crippen LogP) is 3.21. The third-order valence-electron chi connectivity index (χ3n) is 2.82. The maximum Gasteiger partial charge on any atom is 0.223 e. The van der Waals surface area contributed by atoms with Crippen molar-refractivity contribution < 1.29 is 0 Å². The number of aromatic nitrogens is 2. The van der Waals surface area contributed by atoms with Gasteiger partial charge in [-0.25, -0.2) is 9.97 Å². The Bertz CT molecular complexity index is 523. The lowest BCUT2D eigenvalue weighted by Gasteiger charge is -2.05. The minimum atomic E-state index is 0.734. The van der Waals surface area contributed by atoms with Gasteiger partial charge in [0.05, 0.1) is 5.52 Å². The molecule has 1 heterocycles. The zero-order chi connectivity index (χ0) is 11.0. The molecule has 0 aliphatic heterocycles. The van der Waals surface area contributed by atoms with E-state index in [0.29, 0.717) is 0 Å². The molecule has 16 heavy (non-hydrogen) atoms. The fourth-order valence-corrected chi connectivity index (χ4v) is 2.12. The van der Waals surface area contributed by atoms with Crippen LogP contribution in [0.3, 0.4) is 0 Å². The Labute approximate surface area is 102 Å². The van der Waals surface area contributed by atoms with Gasteiger partial charge in [-0.15, -0.1) is 0 Å². The van der Waals surface area contributed by atoms with Gasteiger partial charge in [0.25, 0.3) is 0 Å². The van der Waals surface area contributed by atoms with E-state index >= 15 is 0 Å². The Morgan fingerprint density at radius 2 is 2.25 bits per heavy atom. The first kappa shape index (κ1) is 10.0. The van der Waals surface area contributed by atoms with Crippen LogP contribution in [0.15, 0.2) is 28.9 Å². The Morgan fingerprint density at radius 1 is 1.38 bits per heavy atom. The van der Waals surface area contributed by atoms with Crippen molar-refractivity contribution in [2.45, 2.75) is 12.8 Å². The quantitative estimate of drug-likeness (QED) is 0.936. The van der Waals surface area contributed by atoms with E-state index in [4.69, 9.17) is 0 Å². The maximum atomic E-state index is 4.48. The number of hydrogen-bond acceptors (Lipinski definition) is 3. The SMILES string of the molecule is Brc1cccc2nc(NCC3CC3)ncc12. The third kappa shape index (κ3) is 2.02. The van der Waals surface area contributed by atoms with E-state index in [1.165, 1.54) is 12.8 Å². The molecule has 1 aromatic carbocycles. The second-order valence-electron chi connectivity index (χ2n) is 4.19. The van der Waals surface area contributed by atoms with E-state index in [9.17, 15) is 0 Å². The molecule has 0 bridgehead atoms. The highest BCUT2D eigenvalue weighted by molar-refractivity contribution is 9.10. The molecule has 4 heteroatoms. The molecule has 3 nitrogen and oxygen atoms in total. The number of rotatable bonds is 3. The van der Waals surface area contributed by atoms with Gasteiger partial charge in [-0.1, -0.05) is 22.0 Å². The molecule has 1 aliphatic rings. The third-order valence-corrected chi connectivity index (χ3v) is 3.51. The van der Waals surface area contributed by atoms with Gasteiger partial charge in [-0.2, -0.15) is 0 Å². The van der Waals surface area contributed by atoms with Crippen LogP contribution in [-0.2, 0) is 0 Å². The summed E-state index contributed by atoms with van der Waals surface area (Å²) in [5, 5.41) is 4.34. The lowest BCUT2D eigenvalue weighted by Crippen LogP contribution is -2.06. The fraction of sp³-hybridized carbons (Fsp3) is 0.333. The monoisotopic (exact) mass is 277 g/mol. The largest absolute Gasteiger partial charge is 0.354 e. The van der Waals surface area contributed by atoms with Crippen molar-refractivity contribution in [3.63, 3.8) is 0 Å². The number of halogens is 1. The van der Waals surface area contributed by atoms with Crippen molar-refractivity contribution in [2.24, 2.45) is 5.92 Å². The lowest BCUT2D eigenvalue weighted by molar-refractivity contribution is 0.875. The van der Waals surface area contributed by atoms with Gasteiger partial charge in [0.1, 0.15) is 0 Å². The first-order valence-electron chi connectivity index (χ1n) is 5.48. The predicted molar refractivity (Wildman–Crippen MR) is 68.5 cm³/mol. The Balaban J connectivity index is 1.89. The summed E-state index contributed by atoms with van der Waals surface area (Å²) >= 11 is 3.49. The van der Waals surface area contributed by atoms with E-state index in [2.05, 4.69) is 31.2 Å². The van der Waals surface area contributed by atoms with Crippen LogP contribution in [-0.4, -0.2) is 16.5 Å². The molecule has 1 fully saturated rings. The molecule has 2 aromatic rings. The summed E-state index contributed by atoms with van der Waals surface area (Å²) in [4.78, 5) is 8.80. The molecule has 0 spiro atoms. The topological polar surface area (TPSA) is 37.8 Å². The second-order valence-corrected chi connectivity index (χ2v) is 5.04. The molecule has 0 amide bonds. The van der Waals surface area contributed by atoms with Crippen LogP contribution in [0, 0.1) is 5.92 Å². The van der Waals surface area contributed by atoms with Crippen LogP contribution in [0.4, 0.5) is 5.95 Å². The molecule has 1 saturated carbocycles. The van der Waals surface area contributed by atoms with Gasteiger partial charge in [0.15, 0.2) is 0 Å². The summed E-state index contributed by atoms with van der Waals surface area (Å²) in [7, 11) is 0. The first-order chi connectivity index (χ1) is 7.83. The number of hydrogen-bond donors (Lipinski definition) is 1. The molecule has 0 radical (unpaired) electrons. The van der Waals surface area contributed by atoms with Crippen LogP contribution in [0.25, 0.3) is 10.9 Å². The molecule has 1 aliphatic carbocycles. The van der Waals surface area contributed by atoms with E-state index in [1.807, 2.05) is 24.4 Å². The molecule has 0 saturated heterocycles. The van der Waals surface area contributed by atoms with Gasteiger partial charge in [-0.3, -0.25) is 0 Å². The van der Waals surface area contributed by atoms with Crippen molar-refractivity contribution >= 4 is 32.8 Å². The average molecular weight is 278 g/mol. The van der Waals surface area contributed by atoms with Crippen LogP contribution in [0.2, 0.25) is 0 Å².